The summed E-state index contributed by atoms with van der Waals surface area (Å²) in [5, 5.41) is 4.19. The van der Waals surface area contributed by atoms with E-state index >= 15 is 0 Å². The van der Waals surface area contributed by atoms with Crippen molar-refractivity contribution >= 4 is 16.8 Å². The second-order valence-corrected chi connectivity index (χ2v) is 6.86. The van der Waals surface area contributed by atoms with Crippen molar-refractivity contribution < 1.29 is 9.53 Å². The van der Waals surface area contributed by atoms with Crippen LogP contribution >= 0.6 is 0 Å². The van der Waals surface area contributed by atoms with Gasteiger partial charge in [0.25, 0.3) is 0 Å². The first-order valence-electron chi connectivity index (χ1n) is 8.62. The number of nitrogens with one attached hydrogen (secondary N) is 2. The number of rotatable bonds is 5. The molecule has 1 aliphatic rings. The molecule has 1 heterocycles. The lowest BCUT2D eigenvalue weighted by Crippen LogP contribution is -2.34. The van der Waals surface area contributed by atoms with Crippen molar-refractivity contribution in [1.82, 2.24) is 10.3 Å². The Bertz CT molecular complexity index is 921. The minimum Gasteiger partial charge on any atom is -0.497 e. The monoisotopic (exact) mass is 334 g/mol. The van der Waals surface area contributed by atoms with E-state index in [2.05, 4.69) is 41.5 Å². The van der Waals surface area contributed by atoms with Gasteiger partial charge in [0.05, 0.1) is 12.5 Å². The standard InChI is InChI=1S/C21H22N2O2/c1-14-3-5-15(6-4-14)12-23-20(24)21(9-10-21)18-13-22-19-8-7-16(25-2)11-17(18)19/h3-8,11,13,22H,9-10,12H2,1-2H3,(H,23,24). The van der Waals surface area contributed by atoms with Gasteiger partial charge in [-0.25, -0.2) is 0 Å². The predicted molar refractivity (Wildman–Crippen MR) is 98.8 cm³/mol. The number of amides is 1. The van der Waals surface area contributed by atoms with Gasteiger partial charge >= 0.3 is 0 Å². The van der Waals surface area contributed by atoms with Gasteiger partial charge in [-0.15, -0.1) is 0 Å². The maximum Gasteiger partial charge on any atom is 0.231 e. The predicted octanol–water partition coefficient (Wildman–Crippen LogP) is 3.83. The van der Waals surface area contributed by atoms with Crippen LogP contribution in [0.15, 0.2) is 48.7 Å². The Balaban J connectivity index is 1.57. The van der Waals surface area contributed by atoms with Crippen molar-refractivity contribution in [1.29, 1.82) is 0 Å². The maximum atomic E-state index is 12.9. The van der Waals surface area contributed by atoms with Crippen LogP contribution in [-0.4, -0.2) is 18.0 Å². The summed E-state index contributed by atoms with van der Waals surface area (Å²) in [5.41, 5.74) is 4.04. The van der Waals surface area contributed by atoms with Gasteiger partial charge in [-0.1, -0.05) is 29.8 Å². The van der Waals surface area contributed by atoms with Crippen molar-refractivity contribution in [3.05, 3.63) is 65.4 Å². The van der Waals surface area contributed by atoms with E-state index in [-0.39, 0.29) is 5.91 Å². The van der Waals surface area contributed by atoms with Gasteiger partial charge in [0.15, 0.2) is 0 Å². The molecule has 4 heteroatoms. The van der Waals surface area contributed by atoms with E-state index in [1.165, 1.54) is 5.56 Å². The number of methoxy groups -OCH3 is 1. The number of aromatic amines is 1. The number of fused-ring (bicyclic) bond motifs is 1. The quantitative estimate of drug-likeness (QED) is 0.745. The van der Waals surface area contributed by atoms with Crippen molar-refractivity contribution in [3.8, 4) is 5.75 Å². The largest absolute Gasteiger partial charge is 0.497 e. The third-order valence-corrected chi connectivity index (χ3v) is 5.16. The van der Waals surface area contributed by atoms with E-state index in [4.69, 9.17) is 4.74 Å². The number of aryl methyl sites for hydroxylation is 1. The van der Waals surface area contributed by atoms with Gasteiger partial charge in [0, 0.05) is 23.6 Å². The summed E-state index contributed by atoms with van der Waals surface area (Å²) in [6, 6.07) is 14.2. The van der Waals surface area contributed by atoms with Crippen molar-refractivity contribution in [3.63, 3.8) is 0 Å². The molecule has 0 aliphatic heterocycles. The summed E-state index contributed by atoms with van der Waals surface area (Å²) in [7, 11) is 1.66. The first-order chi connectivity index (χ1) is 12.1. The molecule has 128 valence electrons. The number of H-pyrrole nitrogens is 1. The summed E-state index contributed by atoms with van der Waals surface area (Å²) in [6.45, 7) is 2.62. The SMILES string of the molecule is COc1ccc2[nH]cc(C3(C(=O)NCc4ccc(C)cc4)CC3)c2c1. The van der Waals surface area contributed by atoms with Gasteiger partial charge < -0.3 is 15.0 Å². The van der Waals surface area contributed by atoms with Crippen LogP contribution in [0.1, 0.15) is 29.5 Å². The van der Waals surface area contributed by atoms with Crippen molar-refractivity contribution in [2.75, 3.05) is 7.11 Å². The Morgan fingerprint density at radius 2 is 1.96 bits per heavy atom. The molecule has 0 atom stereocenters. The summed E-state index contributed by atoms with van der Waals surface area (Å²) in [5.74, 6) is 0.918. The number of hydrogen-bond acceptors (Lipinski definition) is 2. The zero-order valence-electron chi connectivity index (χ0n) is 14.6. The molecule has 4 rings (SSSR count). The molecule has 1 amide bonds. The van der Waals surface area contributed by atoms with Gasteiger partial charge in [-0.05, 0) is 49.1 Å². The molecule has 0 saturated heterocycles. The minimum atomic E-state index is -0.407. The zero-order valence-corrected chi connectivity index (χ0v) is 14.6. The van der Waals surface area contributed by atoms with E-state index in [0.29, 0.717) is 6.54 Å². The Kier molecular flexibility index (Phi) is 3.75. The third kappa shape index (κ3) is 2.78. The van der Waals surface area contributed by atoms with E-state index in [1.807, 2.05) is 24.4 Å². The van der Waals surface area contributed by atoms with Gasteiger partial charge in [0.1, 0.15) is 5.75 Å². The molecule has 4 nitrogen and oxygen atoms in total. The van der Waals surface area contributed by atoms with Crippen molar-refractivity contribution in [2.24, 2.45) is 0 Å². The number of hydrogen-bond donors (Lipinski definition) is 2. The van der Waals surface area contributed by atoms with E-state index in [1.54, 1.807) is 7.11 Å². The fraction of sp³-hybridized carbons (Fsp3) is 0.286. The molecule has 0 radical (unpaired) electrons. The second-order valence-electron chi connectivity index (χ2n) is 6.86. The Labute approximate surface area is 147 Å². The number of aromatic nitrogens is 1. The van der Waals surface area contributed by atoms with Crippen LogP contribution in [-0.2, 0) is 16.8 Å². The zero-order chi connectivity index (χ0) is 17.4. The summed E-state index contributed by atoms with van der Waals surface area (Å²) in [6.07, 6.45) is 3.75. The van der Waals surface area contributed by atoms with Gasteiger partial charge in [-0.2, -0.15) is 0 Å². The molecular weight excluding hydrogens is 312 g/mol. The van der Waals surface area contributed by atoms with E-state index in [9.17, 15) is 4.79 Å². The summed E-state index contributed by atoms with van der Waals surface area (Å²) >= 11 is 0. The molecule has 25 heavy (non-hydrogen) atoms. The van der Waals surface area contributed by atoms with Crippen molar-refractivity contribution in [2.45, 2.75) is 31.7 Å². The number of carbonyl (C=O) groups excluding carboxylic acids is 1. The molecular formula is C21H22N2O2. The lowest BCUT2D eigenvalue weighted by atomic mass is 9.94. The normalized spacial score (nSPS) is 15.1. The molecule has 0 unspecified atom stereocenters. The number of ether oxygens (including phenoxy) is 1. The maximum absolute atomic E-state index is 12.9. The lowest BCUT2D eigenvalue weighted by Gasteiger charge is -2.15. The third-order valence-electron chi connectivity index (χ3n) is 5.16. The Hall–Kier alpha value is -2.75. The highest BCUT2D eigenvalue weighted by molar-refractivity contribution is 5.97. The van der Waals surface area contributed by atoms with Crippen LogP contribution in [0.25, 0.3) is 10.9 Å². The highest BCUT2D eigenvalue weighted by atomic mass is 16.5. The molecule has 1 saturated carbocycles. The van der Waals surface area contributed by atoms with E-state index in [0.717, 1.165) is 40.6 Å². The first kappa shape index (κ1) is 15.8. The Morgan fingerprint density at radius 3 is 2.64 bits per heavy atom. The van der Waals surface area contributed by atoms with Gasteiger partial charge in [0.2, 0.25) is 5.91 Å². The molecule has 0 bridgehead atoms. The van der Waals surface area contributed by atoms with E-state index < -0.39 is 5.41 Å². The average molecular weight is 334 g/mol. The molecule has 1 fully saturated rings. The highest BCUT2D eigenvalue weighted by Crippen LogP contribution is 2.51. The first-order valence-corrected chi connectivity index (χ1v) is 8.62. The smallest absolute Gasteiger partial charge is 0.231 e. The molecule has 2 N–H and O–H groups in total. The molecule has 1 aliphatic carbocycles. The lowest BCUT2D eigenvalue weighted by molar-refractivity contribution is -0.123. The topological polar surface area (TPSA) is 54.1 Å². The second kappa shape index (κ2) is 5.96. The number of benzene rings is 2. The van der Waals surface area contributed by atoms with Crippen LogP contribution in [0.3, 0.4) is 0 Å². The fourth-order valence-electron chi connectivity index (χ4n) is 3.42. The Morgan fingerprint density at radius 1 is 1.20 bits per heavy atom. The average Bonchev–Trinajstić information content (AvgIpc) is 3.34. The minimum absolute atomic E-state index is 0.108. The molecule has 2 aromatic carbocycles. The van der Waals surface area contributed by atoms with Gasteiger partial charge in [-0.3, -0.25) is 4.79 Å². The fourth-order valence-corrected chi connectivity index (χ4v) is 3.42. The van der Waals surface area contributed by atoms with Crippen LogP contribution in [0.2, 0.25) is 0 Å². The highest BCUT2D eigenvalue weighted by Gasteiger charge is 2.52. The number of carbonyl (C=O) groups is 1. The summed E-state index contributed by atoms with van der Waals surface area (Å²) < 4.78 is 5.34. The molecule has 0 spiro atoms. The van der Waals surface area contributed by atoms with Crippen LogP contribution in [0.4, 0.5) is 0 Å². The molecule has 1 aromatic heterocycles. The summed E-state index contributed by atoms with van der Waals surface area (Å²) in [4.78, 5) is 16.2. The van der Waals surface area contributed by atoms with Crippen LogP contribution in [0, 0.1) is 6.92 Å². The molecule has 3 aromatic rings. The van der Waals surface area contributed by atoms with Crippen LogP contribution in [0.5, 0.6) is 5.75 Å². The van der Waals surface area contributed by atoms with Crippen LogP contribution < -0.4 is 10.1 Å².